The van der Waals surface area contributed by atoms with Crippen molar-refractivity contribution < 1.29 is 23.0 Å². The first-order chi connectivity index (χ1) is 8.39. The van der Waals surface area contributed by atoms with Gasteiger partial charge in [0.15, 0.2) is 0 Å². The molecule has 0 bridgehead atoms. The molecule has 0 radical (unpaired) electrons. The monoisotopic (exact) mass is 262 g/mol. The molecule has 1 N–H and O–H groups in total. The normalized spacial score (nSPS) is 24.3. The Hall–Kier alpha value is -1.34. The molecule has 0 aliphatic carbocycles. The van der Waals surface area contributed by atoms with Gasteiger partial charge in [0.2, 0.25) is 0 Å². The molecular formula is C11H13F3N2O2. The van der Waals surface area contributed by atoms with Gasteiger partial charge in [0.05, 0.1) is 30.9 Å². The van der Waals surface area contributed by atoms with Crippen LogP contribution >= 0.6 is 0 Å². The van der Waals surface area contributed by atoms with Gasteiger partial charge < -0.3 is 14.7 Å². The van der Waals surface area contributed by atoms with Crippen LogP contribution in [0.4, 0.5) is 19.0 Å². The molecule has 100 valence electrons. The fourth-order valence-corrected chi connectivity index (χ4v) is 1.83. The lowest BCUT2D eigenvalue weighted by atomic mass is 10.2. The van der Waals surface area contributed by atoms with Crippen molar-refractivity contribution in [2.24, 2.45) is 0 Å². The minimum atomic E-state index is -4.39. The number of ether oxygens (including phenoxy) is 1. The molecule has 0 amide bonds. The van der Waals surface area contributed by atoms with E-state index in [0.29, 0.717) is 12.4 Å². The Labute approximate surface area is 102 Å². The number of hydrogen-bond donors (Lipinski definition) is 1. The summed E-state index contributed by atoms with van der Waals surface area (Å²) < 4.78 is 42.2. The average molecular weight is 262 g/mol. The first kappa shape index (κ1) is 13.1. The van der Waals surface area contributed by atoms with Crippen LogP contribution in [0.25, 0.3) is 0 Å². The molecule has 7 heteroatoms. The van der Waals surface area contributed by atoms with Crippen molar-refractivity contribution in [3.05, 3.63) is 23.9 Å². The van der Waals surface area contributed by atoms with Gasteiger partial charge in [-0.15, -0.1) is 0 Å². The molecule has 2 rings (SSSR count). The van der Waals surface area contributed by atoms with Gasteiger partial charge in [-0.25, -0.2) is 4.98 Å². The molecule has 0 aromatic carbocycles. The topological polar surface area (TPSA) is 45.6 Å². The number of aliphatic hydroxyl groups is 1. The van der Waals surface area contributed by atoms with Crippen LogP contribution in [-0.2, 0) is 10.9 Å². The summed E-state index contributed by atoms with van der Waals surface area (Å²) >= 11 is 0. The highest BCUT2D eigenvalue weighted by atomic mass is 19.4. The van der Waals surface area contributed by atoms with E-state index < -0.39 is 17.8 Å². The summed E-state index contributed by atoms with van der Waals surface area (Å²) in [5.74, 6) is 0.373. The van der Waals surface area contributed by atoms with Gasteiger partial charge in [-0.1, -0.05) is 0 Å². The average Bonchev–Trinajstić information content (AvgIpc) is 2.73. The smallest absolute Gasteiger partial charge is 0.388 e. The van der Waals surface area contributed by atoms with E-state index in [2.05, 4.69) is 4.98 Å². The van der Waals surface area contributed by atoms with Gasteiger partial charge in [-0.3, -0.25) is 0 Å². The maximum atomic E-state index is 12.4. The van der Waals surface area contributed by atoms with Crippen LogP contribution in [0.1, 0.15) is 5.56 Å². The first-order valence-corrected chi connectivity index (χ1v) is 5.41. The van der Waals surface area contributed by atoms with Crippen LogP contribution in [0.5, 0.6) is 0 Å². The molecule has 1 aliphatic rings. The number of pyridine rings is 1. The third kappa shape index (κ3) is 2.56. The van der Waals surface area contributed by atoms with Crippen molar-refractivity contribution >= 4 is 5.82 Å². The fraction of sp³-hybridized carbons (Fsp3) is 0.545. The Balaban J connectivity index is 2.14. The highest BCUT2D eigenvalue weighted by Gasteiger charge is 2.33. The number of likely N-dealkylation sites (N-methyl/N-ethyl adjacent to an activating group) is 1. The molecular weight excluding hydrogens is 249 g/mol. The quantitative estimate of drug-likeness (QED) is 0.872. The number of alkyl halides is 3. The van der Waals surface area contributed by atoms with Gasteiger partial charge in [0.25, 0.3) is 0 Å². The maximum Gasteiger partial charge on any atom is 0.417 e. The molecule has 1 aromatic rings. The van der Waals surface area contributed by atoms with Crippen molar-refractivity contribution in [3.63, 3.8) is 0 Å². The van der Waals surface area contributed by atoms with E-state index in [9.17, 15) is 18.3 Å². The van der Waals surface area contributed by atoms with Gasteiger partial charge in [0, 0.05) is 13.2 Å². The Morgan fingerprint density at radius 3 is 2.56 bits per heavy atom. The number of aliphatic hydroxyl groups excluding tert-OH is 1. The van der Waals surface area contributed by atoms with E-state index >= 15 is 0 Å². The van der Waals surface area contributed by atoms with Crippen LogP contribution in [-0.4, -0.2) is 42.5 Å². The molecule has 2 atom stereocenters. The predicted molar refractivity (Wildman–Crippen MR) is 58.3 cm³/mol. The second-order valence-electron chi connectivity index (χ2n) is 4.19. The van der Waals surface area contributed by atoms with Gasteiger partial charge in [-0.05, 0) is 12.1 Å². The number of anilines is 1. The van der Waals surface area contributed by atoms with Crippen LogP contribution in [0.3, 0.4) is 0 Å². The summed E-state index contributed by atoms with van der Waals surface area (Å²) in [5, 5.41) is 9.63. The van der Waals surface area contributed by atoms with E-state index in [0.717, 1.165) is 12.3 Å². The molecule has 4 nitrogen and oxygen atoms in total. The Kier molecular flexibility index (Phi) is 3.45. The van der Waals surface area contributed by atoms with Gasteiger partial charge in [-0.2, -0.15) is 13.2 Å². The second-order valence-corrected chi connectivity index (χ2v) is 4.19. The molecule has 2 heterocycles. The number of rotatable bonds is 2. The molecule has 1 aliphatic heterocycles. The molecule has 1 fully saturated rings. The molecule has 1 aromatic heterocycles. The highest BCUT2D eigenvalue weighted by molar-refractivity contribution is 5.40. The summed E-state index contributed by atoms with van der Waals surface area (Å²) in [5.41, 5.74) is -0.789. The van der Waals surface area contributed by atoms with Crippen molar-refractivity contribution in [2.75, 3.05) is 25.2 Å². The van der Waals surface area contributed by atoms with E-state index in [1.165, 1.54) is 6.07 Å². The summed E-state index contributed by atoms with van der Waals surface area (Å²) in [7, 11) is 1.66. The summed E-state index contributed by atoms with van der Waals surface area (Å²) in [4.78, 5) is 5.39. The SMILES string of the molecule is CN(c1ccc(C(F)(F)F)cn1)C1COCC1O. The highest BCUT2D eigenvalue weighted by Crippen LogP contribution is 2.29. The number of nitrogens with zero attached hydrogens (tertiary/aromatic N) is 2. The molecule has 2 unspecified atom stereocenters. The number of aromatic nitrogens is 1. The lowest BCUT2D eigenvalue weighted by Gasteiger charge is -2.26. The molecule has 1 saturated heterocycles. The summed E-state index contributed by atoms with van der Waals surface area (Å²) in [6.45, 7) is 0.565. The van der Waals surface area contributed by atoms with E-state index in [-0.39, 0.29) is 12.6 Å². The predicted octanol–water partition coefficient (Wildman–Crippen LogP) is 1.30. The Bertz CT molecular complexity index is 408. The Morgan fingerprint density at radius 1 is 1.39 bits per heavy atom. The zero-order valence-electron chi connectivity index (χ0n) is 9.68. The van der Waals surface area contributed by atoms with E-state index in [1.54, 1.807) is 11.9 Å². The minimum Gasteiger partial charge on any atom is -0.388 e. The van der Waals surface area contributed by atoms with Crippen LogP contribution in [0.2, 0.25) is 0 Å². The number of halogens is 3. The Morgan fingerprint density at radius 2 is 2.11 bits per heavy atom. The molecule has 18 heavy (non-hydrogen) atoms. The fourth-order valence-electron chi connectivity index (χ4n) is 1.83. The minimum absolute atomic E-state index is 0.232. The second kappa shape index (κ2) is 4.74. The third-order valence-corrected chi connectivity index (χ3v) is 2.96. The molecule has 0 saturated carbocycles. The van der Waals surface area contributed by atoms with Crippen molar-refractivity contribution in [1.29, 1.82) is 0 Å². The number of hydrogen-bond acceptors (Lipinski definition) is 4. The summed E-state index contributed by atoms with van der Waals surface area (Å²) in [6.07, 6.45) is -4.26. The zero-order valence-corrected chi connectivity index (χ0v) is 9.68. The van der Waals surface area contributed by atoms with Crippen molar-refractivity contribution in [1.82, 2.24) is 4.98 Å². The van der Waals surface area contributed by atoms with E-state index in [4.69, 9.17) is 4.74 Å². The van der Waals surface area contributed by atoms with Crippen LogP contribution in [0.15, 0.2) is 18.3 Å². The zero-order chi connectivity index (χ0) is 13.3. The van der Waals surface area contributed by atoms with Crippen LogP contribution in [0, 0.1) is 0 Å². The summed E-state index contributed by atoms with van der Waals surface area (Å²) in [6, 6.07) is 1.98. The van der Waals surface area contributed by atoms with Crippen molar-refractivity contribution in [2.45, 2.75) is 18.3 Å². The van der Waals surface area contributed by atoms with E-state index in [1.807, 2.05) is 0 Å². The lowest BCUT2D eigenvalue weighted by molar-refractivity contribution is -0.137. The van der Waals surface area contributed by atoms with Gasteiger partial charge >= 0.3 is 6.18 Å². The van der Waals surface area contributed by atoms with Gasteiger partial charge in [0.1, 0.15) is 5.82 Å². The standard InChI is InChI=1S/C11H13F3N2O2/c1-16(8-5-18-6-9(8)17)10-3-2-7(4-15-10)11(12,13)14/h2-4,8-9,17H,5-6H2,1H3. The largest absolute Gasteiger partial charge is 0.417 e. The lowest BCUT2D eigenvalue weighted by Crippen LogP contribution is -2.41. The third-order valence-electron chi connectivity index (χ3n) is 2.96. The first-order valence-electron chi connectivity index (χ1n) is 5.41. The van der Waals surface area contributed by atoms with Crippen LogP contribution < -0.4 is 4.90 Å². The van der Waals surface area contributed by atoms with Crippen molar-refractivity contribution in [3.8, 4) is 0 Å². The maximum absolute atomic E-state index is 12.4. The molecule has 0 spiro atoms.